The third kappa shape index (κ3) is 4.20. The lowest BCUT2D eigenvalue weighted by atomic mass is 9.84. The summed E-state index contributed by atoms with van der Waals surface area (Å²) in [5.74, 6) is 0.943. The molecule has 1 heterocycles. The molecule has 2 nitrogen and oxygen atoms in total. The van der Waals surface area contributed by atoms with E-state index in [0.717, 1.165) is 28.1 Å². The summed E-state index contributed by atoms with van der Waals surface area (Å²) in [5.41, 5.74) is 9.24. The highest BCUT2D eigenvalue weighted by atomic mass is 15.1. The van der Waals surface area contributed by atoms with Crippen molar-refractivity contribution in [3.63, 3.8) is 0 Å². The van der Waals surface area contributed by atoms with Gasteiger partial charge in [-0.2, -0.15) is 0 Å². The summed E-state index contributed by atoms with van der Waals surface area (Å²) in [4.78, 5) is 5.07. The number of benzene rings is 10. The molecule has 11 aromatic rings. The summed E-state index contributed by atoms with van der Waals surface area (Å²) in [6.07, 6.45) is 0. The minimum Gasteiger partial charge on any atom is -0.292 e. The minimum atomic E-state index is 0.943. The van der Waals surface area contributed by atoms with E-state index >= 15 is 0 Å². The van der Waals surface area contributed by atoms with E-state index in [0.29, 0.717) is 0 Å². The maximum absolute atomic E-state index is 5.07. The third-order valence-corrected chi connectivity index (χ3v) is 10.7. The molecule has 0 spiro atoms. The van der Waals surface area contributed by atoms with Gasteiger partial charge in [0.1, 0.15) is 5.82 Å². The van der Waals surface area contributed by atoms with E-state index in [9.17, 15) is 0 Å². The van der Waals surface area contributed by atoms with E-state index in [4.69, 9.17) is 4.98 Å². The van der Waals surface area contributed by atoms with Gasteiger partial charge in [0.15, 0.2) is 0 Å². The number of hydrogen-bond acceptors (Lipinski definition) is 1. The maximum atomic E-state index is 5.07. The molecule has 0 N–H and O–H groups in total. The molecular formula is C49H30N2. The lowest BCUT2D eigenvalue weighted by Gasteiger charge is -2.19. The maximum Gasteiger partial charge on any atom is 0.145 e. The van der Waals surface area contributed by atoms with Gasteiger partial charge in [-0.3, -0.25) is 4.57 Å². The fraction of sp³-hybridized carbons (Fsp3) is 0. The fourth-order valence-corrected chi connectivity index (χ4v) is 8.49. The van der Waals surface area contributed by atoms with Crippen LogP contribution in [0.5, 0.6) is 0 Å². The van der Waals surface area contributed by atoms with Crippen molar-refractivity contribution in [2.45, 2.75) is 0 Å². The van der Waals surface area contributed by atoms with E-state index in [1.165, 1.54) is 76.1 Å². The molecule has 11 rings (SSSR count). The standard InChI is InChI=1S/C49H30N2/c1-2-11-34(12-3-1)49-50-43-19-8-9-20-44(43)51(49)38-27-25-33(26-28-38)47-39-15-4-6-17-41(39)48(42-18-7-5-16-40(42)47)37-29-35-23-21-31-13-10-14-32-22-24-36(30-37)46(35)45(31)32/h1-30H. The predicted octanol–water partition coefficient (Wildman–Crippen LogP) is 13.2. The average molecular weight is 647 g/mol. The van der Waals surface area contributed by atoms with E-state index in [1.54, 1.807) is 0 Å². The molecule has 0 aliphatic carbocycles. The molecule has 0 atom stereocenters. The van der Waals surface area contributed by atoms with Crippen molar-refractivity contribution in [2.24, 2.45) is 0 Å². The number of fused-ring (bicyclic) bond motifs is 3. The Morgan fingerprint density at radius 1 is 0.353 bits per heavy atom. The van der Waals surface area contributed by atoms with Gasteiger partial charge in [0.05, 0.1) is 11.0 Å². The lowest BCUT2D eigenvalue weighted by molar-refractivity contribution is 1.10. The molecule has 2 heteroatoms. The van der Waals surface area contributed by atoms with Crippen molar-refractivity contribution < 1.29 is 0 Å². The van der Waals surface area contributed by atoms with Gasteiger partial charge in [-0.05, 0) is 113 Å². The van der Waals surface area contributed by atoms with Gasteiger partial charge in [0.2, 0.25) is 0 Å². The SMILES string of the molecule is c1ccc(-c2nc3ccccc3n2-c2ccc(-c3c4ccccc4c(-c4cc5ccc6cccc7ccc(c4)c5c67)c4ccccc34)cc2)cc1. The number of rotatable bonds is 4. The summed E-state index contributed by atoms with van der Waals surface area (Å²) in [5, 5.41) is 12.9. The first-order chi connectivity index (χ1) is 25.3. The molecule has 0 amide bonds. The van der Waals surface area contributed by atoms with Crippen molar-refractivity contribution in [3.8, 4) is 39.3 Å². The number of imidazole rings is 1. The molecule has 0 aliphatic rings. The first-order valence-electron chi connectivity index (χ1n) is 17.6. The smallest absolute Gasteiger partial charge is 0.145 e. The quantitative estimate of drug-likeness (QED) is 0.137. The molecule has 1 aromatic heterocycles. The highest BCUT2D eigenvalue weighted by molar-refractivity contribution is 6.26. The second-order valence-electron chi connectivity index (χ2n) is 13.5. The van der Waals surface area contributed by atoms with E-state index in [1.807, 2.05) is 0 Å². The highest BCUT2D eigenvalue weighted by Gasteiger charge is 2.19. The van der Waals surface area contributed by atoms with Crippen molar-refractivity contribution in [3.05, 3.63) is 182 Å². The van der Waals surface area contributed by atoms with Gasteiger partial charge < -0.3 is 0 Å². The van der Waals surface area contributed by atoms with Crippen LogP contribution in [0.25, 0.3) is 104 Å². The van der Waals surface area contributed by atoms with Gasteiger partial charge in [-0.25, -0.2) is 4.98 Å². The van der Waals surface area contributed by atoms with Crippen LogP contribution in [0.15, 0.2) is 182 Å². The van der Waals surface area contributed by atoms with Crippen LogP contribution < -0.4 is 0 Å². The lowest BCUT2D eigenvalue weighted by Crippen LogP contribution is -1.98. The molecule has 0 bridgehead atoms. The number of hydrogen-bond donors (Lipinski definition) is 0. The minimum absolute atomic E-state index is 0.943. The Hall–Kier alpha value is -6.77. The van der Waals surface area contributed by atoms with Crippen molar-refractivity contribution in [1.29, 1.82) is 0 Å². The van der Waals surface area contributed by atoms with Crippen LogP contribution in [0, 0.1) is 0 Å². The van der Waals surface area contributed by atoms with Crippen LogP contribution in [-0.2, 0) is 0 Å². The Labute approximate surface area is 294 Å². The zero-order valence-electron chi connectivity index (χ0n) is 27.7. The first-order valence-corrected chi connectivity index (χ1v) is 17.6. The Morgan fingerprint density at radius 3 is 1.49 bits per heavy atom. The Kier molecular flexibility index (Phi) is 5.99. The Bertz CT molecular complexity index is 2990. The first kappa shape index (κ1) is 28.1. The second kappa shape index (κ2) is 10.9. The van der Waals surface area contributed by atoms with Crippen LogP contribution in [-0.4, -0.2) is 9.55 Å². The molecule has 0 unspecified atom stereocenters. The summed E-state index contributed by atoms with van der Waals surface area (Å²) in [6, 6.07) is 66.3. The number of nitrogens with zero attached hydrogens (tertiary/aromatic N) is 2. The van der Waals surface area contributed by atoms with Crippen molar-refractivity contribution in [2.75, 3.05) is 0 Å². The second-order valence-corrected chi connectivity index (χ2v) is 13.5. The molecule has 0 saturated heterocycles. The summed E-state index contributed by atoms with van der Waals surface area (Å²) in [6.45, 7) is 0. The predicted molar refractivity (Wildman–Crippen MR) is 216 cm³/mol. The monoisotopic (exact) mass is 646 g/mol. The largest absolute Gasteiger partial charge is 0.292 e. The molecule has 51 heavy (non-hydrogen) atoms. The summed E-state index contributed by atoms with van der Waals surface area (Å²) in [7, 11) is 0. The molecule has 0 saturated carbocycles. The van der Waals surface area contributed by atoms with Crippen LogP contribution in [0.2, 0.25) is 0 Å². The van der Waals surface area contributed by atoms with Crippen molar-refractivity contribution >= 4 is 64.9 Å². The normalized spacial score (nSPS) is 11.9. The zero-order valence-corrected chi connectivity index (χ0v) is 27.7. The van der Waals surface area contributed by atoms with Gasteiger partial charge in [-0.1, -0.05) is 146 Å². The van der Waals surface area contributed by atoms with E-state index in [2.05, 4.69) is 187 Å². The van der Waals surface area contributed by atoms with Crippen LogP contribution in [0.3, 0.4) is 0 Å². The Balaban J connectivity index is 1.13. The zero-order chi connectivity index (χ0) is 33.5. The molecule has 0 aliphatic heterocycles. The number of aromatic nitrogens is 2. The molecular weight excluding hydrogens is 617 g/mol. The summed E-state index contributed by atoms with van der Waals surface area (Å²) >= 11 is 0. The molecule has 0 fully saturated rings. The van der Waals surface area contributed by atoms with Crippen LogP contribution in [0.4, 0.5) is 0 Å². The fourth-order valence-electron chi connectivity index (χ4n) is 8.49. The van der Waals surface area contributed by atoms with E-state index in [-0.39, 0.29) is 0 Å². The van der Waals surface area contributed by atoms with E-state index < -0.39 is 0 Å². The van der Waals surface area contributed by atoms with Crippen LogP contribution in [0.1, 0.15) is 0 Å². The molecule has 236 valence electrons. The Morgan fingerprint density at radius 2 is 0.863 bits per heavy atom. The van der Waals surface area contributed by atoms with Gasteiger partial charge in [-0.15, -0.1) is 0 Å². The van der Waals surface area contributed by atoms with Crippen LogP contribution >= 0.6 is 0 Å². The third-order valence-electron chi connectivity index (χ3n) is 10.7. The van der Waals surface area contributed by atoms with Gasteiger partial charge >= 0.3 is 0 Å². The topological polar surface area (TPSA) is 17.8 Å². The van der Waals surface area contributed by atoms with Gasteiger partial charge in [0.25, 0.3) is 0 Å². The highest BCUT2D eigenvalue weighted by Crippen LogP contribution is 2.46. The molecule has 0 radical (unpaired) electrons. The summed E-state index contributed by atoms with van der Waals surface area (Å²) < 4.78 is 2.28. The number of para-hydroxylation sites is 2. The molecule has 10 aromatic carbocycles. The van der Waals surface area contributed by atoms with Gasteiger partial charge in [0, 0.05) is 11.3 Å². The van der Waals surface area contributed by atoms with Crippen molar-refractivity contribution in [1.82, 2.24) is 9.55 Å². The average Bonchev–Trinajstić information content (AvgIpc) is 3.59.